The SMILES string of the molecule is O=C(Nc1ccccc1-n1cccn1)n1ccnc1. The average molecular weight is 253 g/mol. The molecule has 0 saturated carbocycles. The molecule has 3 aromatic rings. The van der Waals surface area contributed by atoms with E-state index in [1.54, 1.807) is 23.3 Å². The van der Waals surface area contributed by atoms with Crippen LogP contribution in [0.4, 0.5) is 10.5 Å². The minimum absolute atomic E-state index is 0.267. The summed E-state index contributed by atoms with van der Waals surface area (Å²) in [5.74, 6) is 0. The second kappa shape index (κ2) is 4.77. The maximum atomic E-state index is 12.0. The molecule has 2 aromatic heterocycles. The standard InChI is InChI=1S/C13H11N5O/c19-13(17-9-7-14-10-17)16-11-4-1-2-5-12(11)18-8-3-6-15-18/h1-10H,(H,16,19). The van der Waals surface area contributed by atoms with E-state index in [4.69, 9.17) is 0 Å². The number of aromatic nitrogens is 4. The first-order valence-corrected chi connectivity index (χ1v) is 5.73. The van der Waals surface area contributed by atoms with Gasteiger partial charge in [-0.05, 0) is 18.2 Å². The molecule has 0 atom stereocenters. The van der Waals surface area contributed by atoms with Gasteiger partial charge in [0, 0.05) is 24.8 Å². The molecule has 0 saturated heterocycles. The van der Waals surface area contributed by atoms with E-state index in [1.807, 2.05) is 36.5 Å². The maximum absolute atomic E-state index is 12.0. The fourth-order valence-corrected chi connectivity index (χ4v) is 1.75. The molecular weight excluding hydrogens is 242 g/mol. The lowest BCUT2D eigenvalue weighted by Crippen LogP contribution is -2.19. The molecule has 0 fully saturated rings. The van der Waals surface area contributed by atoms with Crippen LogP contribution < -0.4 is 5.32 Å². The van der Waals surface area contributed by atoms with E-state index in [1.165, 1.54) is 10.9 Å². The molecule has 3 rings (SSSR count). The van der Waals surface area contributed by atoms with Crippen LogP contribution in [0.5, 0.6) is 0 Å². The highest BCUT2D eigenvalue weighted by Gasteiger charge is 2.08. The second-order valence-electron chi connectivity index (χ2n) is 3.87. The van der Waals surface area contributed by atoms with Gasteiger partial charge in [0.15, 0.2) is 0 Å². The van der Waals surface area contributed by atoms with Crippen molar-refractivity contribution in [3.05, 3.63) is 61.4 Å². The van der Waals surface area contributed by atoms with E-state index in [0.29, 0.717) is 5.69 Å². The second-order valence-corrected chi connectivity index (χ2v) is 3.87. The maximum Gasteiger partial charge on any atom is 0.331 e. The minimum atomic E-state index is -0.267. The molecular formula is C13H11N5O. The monoisotopic (exact) mass is 253 g/mol. The first kappa shape index (κ1) is 11.2. The Balaban J connectivity index is 1.92. The highest BCUT2D eigenvalue weighted by Crippen LogP contribution is 2.19. The van der Waals surface area contributed by atoms with Crippen LogP contribution in [0.1, 0.15) is 0 Å². The summed E-state index contributed by atoms with van der Waals surface area (Å²) in [5, 5.41) is 6.99. The number of nitrogens with one attached hydrogen (secondary N) is 1. The molecule has 0 radical (unpaired) electrons. The Morgan fingerprint density at radius 2 is 2.00 bits per heavy atom. The minimum Gasteiger partial charge on any atom is -0.305 e. The van der Waals surface area contributed by atoms with E-state index >= 15 is 0 Å². The van der Waals surface area contributed by atoms with Gasteiger partial charge >= 0.3 is 6.03 Å². The molecule has 0 unspecified atom stereocenters. The number of carbonyl (C=O) groups is 1. The zero-order chi connectivity index (χ0) is 13.1. The summed E-state index contributed by atoms with van der Waals surface area (Å²) in [7, 11) is 0. The van der Waals surface area contributed by atoms with Crippen LogP contribution in [0, 0.1) is 0 Å². The topological polar surface area (TPSA) is 64.7 Å². The number of hydrogen-bond acceptors (Lipinski definition) is 3. The van der Waals surface area contributed by atoms with Crippen LogP contribution in [0.25, 0.3) is 5.69 Å². The van der Waals surface area contributed by atoms with E-state index in [9.17, 15) is 4.79 Å². The van der Waals surface area contributed by atoms with Gasteiger partial charge in [-0.25, -0.2) is 14.5 Å². The molecule has 94 valence electrons. The Hall–Kier alpha value is -2.89. The number of benzene rings is 1. The molecule has 1 N–H and O–H groups in total. The van der Waals surface area contributed by atoms with Gasteiger partial charge in [-0.15, -0.1) is 0 Å². The number of para-hydroxylation sites is 2. The zero-order valence-corrected chi connectivity index (χ0v) is 9.97. The quantitative estimate of drug-likeness (QED) is 0.761. The van der Waals surface area contributed by atoms with E-state index in [-0.39, 0.29) is 6.03 Å². The summed E-state index contributed by atoms with van der Waals surface area (Å²) < 4.78 is 3.07. The van der Waals surface area contributed by atoms with Crippen molar-refractivity contribution >= 4 is 11.7 Å². The van der Waals surface area contributed by atoms with Gasteiger partial charge in [0.25, 0.3) is 0 Å². The number of imidazole rings is 1. The van der Waals surface area contributed by atoms with Gasteiger partial charge in [-0.1, -0.05) is 12.1 Å². The van der Waals surface area contributed by atoms with Crippen LogP contribution in [0.15, 0.2) is 61.4 Å². The van der Waals surface area contributed by atoms with Crippen molar-refractivity contribution in [2.45, 2.75) is 0 Å². The smallest absolute Gasteiger partial charge is 0.305 e. The summed E-state index contributed by atoms with van der Waals surface area (Å²) in [6.07, 6.45) is 8.10. The Morgan fingerprint density at radius 3 is 2.74 bits per heavy atom. The van der Waals surface area contributed by atoms with Gasteiger partial charge in [0.05, 0.1) is 11.4 Å². The van der Waals surface area contributed by atoms with Crippen LogP contribution >= 0.6 is 0 Å². The number of hydrogen-bond donors (Lipinski definition) is 1. The summed E-state index contributed by atoms with van der Waals surface area (Å²) in [6, 6.07) is 9.02. The van der Waals surface area contributed by atoms with E-state index < -0.39 is 0 Å². The van der Waals surface area contributed by atoms with Crippen molar-refractivity contribution in [2.75, 3.05) is 5.32 Å². The van der Waals surface area contributed by atoms with Gasteiger partial charge in [-0.3, -0.25) is 4.57 Å². The van der Waals surface area contributed by atoms with Crippen molar-refractivity contribution < 1.29 is 4.79 Å². The Kier molecular flexibility index (Phi) is 2.82. The average Bonchev–Trinajstić information content (AvgIpc) is 3.13. The van der Waals surface area contributed by atoms with E-state index in [0.717, 1.165) is 5.69 Å². The number of nitrogens with zero attached hydrogens (tertiary/aromatic N) is 4. The van der Waals surface area contributed by atoms with Gasteiger partial charge in [-0.2, -0.15) is 5.10 Å². The molecule has 0 aliphatic carbocycles. The molecule has 1 aromatic carbocycles. The summed E-state index contributed by atoms with van der Waals surface area (Å²) in [6.45, 7) is 0. The number of amides is 1. The van der Waals surface area contributed by atoms with Gasteiger partial charge < -0.3 is 5.32 Å². The fraction of sp³-hybridized carbons (Fsp3) is 0. The molecule has 6 nitrogen and oxygen atoms in total. The third kappa shape index (κ3) is 2.23. The predicted molar refractivity (Wildman–Crippen MR) is 70.2 cm³/mol. The molecule has 19 heavy (non-hydrogen) atoms. The number of carbonyl (C=O) groups excluding carboxylic acids is 1. The lowest BCUT2D eigenvalue weighted by atomic mass is 10.2. The lowest BCUT2D eigenvalue weighted by molar-refractivity contribution is 0.253. The van der Waals surface area contributed by atoms with Crippen LogP contribution in [-0.2, 0) is 0 Å². The predicted octanol–water partition coefficient (Wildman–Crippen LogP) is 2.15. The van der Waals surface area contributed by atoms with E-state index in [2.05, 4.69) is 15.4 Å². The normalized spacial score (nSPS) is 10.3. The molecule has 0 spiro atoms. The lowest BCUT2D eigenvalue weighted by Gasteiger charge is -2.10. The molecule has 2 heterocycles. The molecule has 0 bridgehead atoms. The van der Waals surface area contributed by atoms with Crippen LogP contribution in [0.3, 0.4) is 0 Å². The molecule has 1 amide bonds. The zero-order valence-electron chi connectivity index (χ0n) is 9.97. The third-order valence-electron chi connectivity index (χ3n) is 2.64. The van der Waals surface area contributed by atoms with Crippen molar-refractivity contribution in [3.63, 3.8) is 0 Å². The summed E-state index contributed by atoms with van der Waals surface area (Å²) in [5.41, 5.74) is 1.49. The number of anilines is 1. The number of rotatable bonds is 2. The first-order valence-electron chi connectivity index (χ1n) is 5.73. The largest absolute Gasteiger partial charge is 0.331 e. The van der Waals surface area contributed by atoms with Gasteiger partial charge in [0.2, 0.25) is 0 Å². The molecule has 6 heteroatoms. The van der Waals surface area contributed by atoms with Crippen LogP contribution in [0.2, 0.25) is 0 Å². The Labute approximate surface area is 109 Å². The Bertz CT molecular complexity index is 673. The fourth-order valence-electron chi connectivity index (χ4n) is 1.75. The molecule has 0 aliphatic heterocycles. The van der Waals surface area contributed by atoms with Crippen molar-refractivity contribution in [3.8, 4) is 5.69 Å². The summed E-state index contributed by atoms with van der Waals surface area (Å²) in [4.78, 5) is 15.8. The third-order valence-corrected chi connectivity index (χ3v) is 2.64. The van der Waals surface area contributed by atoms with Gasteiger partial charge in [0.1, 0.15) is 6.33 Å². The highest BCUT2D eigenvalue weighted by atomic mass is 16.2. The van der Waals surface area contributed by atoms with Crippen LogP contribution in [-0.4, -0.2) is 25.4 Å². The van der Waals surface area contributed by atoms with Crippen molar-refractivity contribution in [1.82, 2.24) is 19.3 Å². The first-order chi connectivity index (χ1) is 9.34. The van der Waals surface area contributed by atoms with Crippen molar-refractivity contribution in [1.29, 1.82) is 0 Å². The highest BCUT2D eigenvalue weighted by molar-refractivity contribution is 5.92. The van der Waals surface area contributed by atoms with Crippen molar-refractivity contribution in [2.24, 2.45) is 0 Å². The Morgan fingerprint density at radius 1 is 1.11 bits per heavy atom. The molecule has 0 aliphatic rings. The summed E-state index contributed by atoms with van der Waals surface area (Å²) >= 11 is 0.